The molecule has 0 bridgehead atoms. The monoisotopic (exact) mass is 564 g/mol. The Bertz CT molecular complexity index is 547. The van der Waals surface area contributed by atoms with Crippen molar-refractivity contribution in [1.29, 1.82) is 0 Å². The third-order valence-corrected chi connectivity index (χ3v) is 5.70. The first-order chi connectivity index (χ1) is 19.0. The summed E-state index contributed by atoms with van der Waals surface area (Å²) in [6, 6.07) is 0. The third kappa shape index (κ3) is 24.6. The van der Waals surface area contributed by atoms with Gasteiger partial charge in [-0.05, 0) is 19.8 Å². The lowest BCUT2D eigenvalue weighted by atomic mass is 10.2. The standard InChI is InChI=1S/C28H56N2O9/c1-26(2)25-38-24-23-37-22-21-36-20-19-35-18-17-34-16-15-33-14-13-32-12-11-30-9-7-29(8-10-30)6-5-28(31)39-27(3)4/h26-27H,5-25H2,1-4H3. The minimum atomic E-state index is -0.113. The molecule has 1 saturated heterocycles. The van der Waals surface area contributed by atoms with Crippen LogP contribution in [0.1, 0.15) is 34.1 Å². The fourth-order valence-electron chi connectivity index (χ4n) is 3.64. The molecule has 0 spiro atoms. The summed E-state index contributed by atoms with van der Waals surface area (Å²) < 4.78 is 43.8. The number of ether oxygens (including phenoxy) is 8. The number of carbonyl (C=O) groups excluding carboxylic acids is 1. The van der Waals surface area contributed by atoms with Crippen molar-refractivity contribution < 1.29 is 42.7 Å². The normalized spacial score (nSPS) is 15.0. The first-order valence-corrected chi connectivity index (χ1v) is 14.7. The van der Waals surface area contributed by atoms with E-state index in [4.69, 9.17) is 37.9 Å². The van der Waals surface area contributed by atoms with Gasteiger partial charge in [-0.3, -0.25) is 9.69 Å². The predicted octanol–water partition coefficient (Wildman–Crippen LogP) is 1.72. The molecule has 0 N–H and O–H groups in total. The minimum absolute atomic E-state index is 0.0441. The second-order valence-corrected chi connectivity index (χ2v) is 10.1. The van der Waals surface area contributed by atoms with Gasteiger partial charge in [-0.1, -0.05) is 13.8 Å². The molecular weight excluding hydrogens is 508 g/mol. The van der Waals surface area contributed by atoms with Gasteiger partial charge in [0, 0.05) is 45.9 Å². The van der Waals surface area contributed by atoms with Crippen LogP contribution in [0.25, 0.3) is 0 Å². The average molecular weight is 565 g/mol. The summed E-state index contributed by atoms with van der Waals surface area (Å²) in [5.41, 5.74) is 0. The van der Waals surface area contributed by atoms with Crippen LogP contribution in [0.4, 0.5) is 0 Å². The summed E-state index contributed by atoms with van der Waals surface area (Å²) in [6.45, 7) is 21.8. The lowest BCUT2D eigenvalue weighted by molar-refractivity contribution is -0.147. The maximum Gasteiger partial charge on any atom is 0.307 e. The number of carbonyl (C=O) groups is 1. The van der Waals surface area contributed by atoms with E-state index in [0.717, 1.165) is 45.9 Å². The van der Waals surface area contributed by atoms with E-state index in [1.165, 1.54) is 0 Å². The maximum atomic E-state index is 11.7. The van der Waals surface area contributed by atoms with Crippen LogP contribution in [-0.4, -0.2) is 154 Å². The van der Waals surface area contributed by atoms with Gasteiger partial charge in [0.1, 0.15) is 0 Å². The van der Waals surface area contributed by atoms with Crippen molar-refractivity contribution in [2.24, 2.45) is 5.92 Å². The molecule has 0 atom stereocenters. The summed E-state index contributed by atoms with van der Waals surface area (Å²) >= 11 is 0. The van der Waals surface area contributed by atoms with Crippen LogP contribution in [-0.2, 0) is 42.7 Å². The summed E-state index contributed by atoms with van der Waals surface area (Å²) in [5, 5.41) is 0. The molecule has 0 radical (unpaired) electrons. The summed E-state index contributed by atoms with van der Waals surface area (Å²) in [4.78, 5) is 16.4. The van der Waals surface area contributed by atoms with Crippen molar-refractivity contribution in [3.05, 3.63) is 0 Å². The molecule has 0 saturated carbocycles. The highest BCUT2D eigenvalue weighted by Crippen LogP contribution is 2.04. The number of esters is 1. The Morgan fingerprint density at radius 2 is 0.897 bits per heavy atom. The molecule has 232 valence electrons. The highest BCUT2D eigenvalue weighted by molar-refractivity contribution is 5.69. The third-order valence-electron chi connectivity index (χ3n) is 5.70. The molecule has 39 heavy (non-hydrogen) atoms. The van der Waals surface area contributed by atoms with Gasteiger partial charge < -0.3 is 42.8 Å². The van der Waals surface area contributed by atoms with Gasteiger partial charge in [0.15, 0.2) is 0 Å². The number of piperazine rings is 1. The molecule has 1 aliphatic heterocycles. The van der Waals surface area contributed by atoms with Gasteiger partial charge in [0.2, 0.25) is 0 Å². The Kier molecular flexibility index (Phi) is 24.1. The summed E-state index contributed by atoms with van der Waals surface area (Å²) in [5.74, 6) is 0.437. The largest absolute Gasteiger partial charge is 0.463 e. The Morgan fingerprint density at radius 1 is 0.538 bits per heavy atom. The number of hydrogen-bond acceptors (Lipinski definition) is 11. The predicted molar refractivity (Wildman–Crippen MR) is 149 cm³/mol. The molecule has 0 aromatic rings. The molecule has 0 aromatic heterocycles. The van der Waals surface area contributed by atoms with Gasteiger partial charge in [0.05, 0.1) is 98.4 Å². The van der Waals surface area contributed by atoms with E-state index >= 15 is 0 Å². The SMILES string of the molecule is CC(C)COCCOCCOCCOCCOCCOCCOCCN1CCN(CCC(=O)OC(C)C)CC1. The lowest BCUT2D eigenvalue weighted by Crippen LogP contribution is -2.47. The molecule has 0 unspecified atom stereocenters. The Hall–Kier alpha value is -0.890. The number of nitrogens with zero attached hydrogens (tertiary/aromatic N) is 2. The maximum absolute atomic E-state index is 11.7. The molecule has 0 amide bonds. The van der Waals surface area contributed by atoms with Crippen LogP contribution in [0.2, 0.25) is 0 Å². The van der Waals surface area contributed by atoms with Crippen molar-refractivity contribution in [3.8, 4) is 0 Å². The van der Waals surface area contributed by atoms with E-state index in [2.05, 4.69) is 23.6 Å². The molecule has 11 nitrogen and oxygen atoms in total. The molecule has 0 aromatic carbocycles. The molecule has 1 rings (SSSR count). The zero-order valence-electron chi connectivity index (χ0n) is 25.1. The van der Waals surface area contributed by atoms with Crippen LogP contribution in [0.3, 0.4) is 0 Å². The first-order valence-electron chi connectivity index (χ1n) is 14.7. The highest BCUT2D eigenvalue weighted by atomic mass is 16.6. The van der Waals surface area contributed by atoms with Crippen LogP contribution in [0.15, 0.2) is 0 Å². The second-order valence-electron chi connectivity index (χ2n) is 10.1. The van der Waals surface area contributed by atoms with Gasteiger partial charge >= 0.3 is 5.97 Å². The molecule has 1 heterocycles. The van der Waals surface area contributed by atoms with Gasteiger partial charge in [-0.15, -0.1) is 0 Å². The van der Waals surface area contributed by atoms with Crippen molar-refractivity contribution >= 4 is 5.97 Å². The molecule has 1 aliphatic rings. The zero-order valence-corrected chi connectivity index (χ0v) is 25.1. The smallest absolute Gasteiger partial charge is 0.307 e. The fourth-order valence-corrected chi connectivity index (χ4v) is 3.64. The van der Waals surface area contributed by atoms with Gasteiger partial charge in [-0.25, -0.2) is 0 Å². The van der Waals surface area contributed by atoms with Crippen LogP contribution >= 0.6 is 0 Å². The Morgan fingerprint density at radius 3 is 1.28 bits per heavy atom. The van der Waals surface area contributed by atoms with Crippen molar-refractivity contribution in [3.63, 3.8) is 0 Å². The van der Waals surface area contributed by atoms with E-state index in [0.29, 0.717) is 98.2 Å². The topological polar surface area (TPSA) is 97.4 Å². The van der Waals surface area contributed by atoms with Crippen LogP contribution in [0.5, 0.6) is 0 Å². The van der Waals surface area contributed by atoms with Gasteiger partial charge in [-0.2, -0.15) is 0 Å². The van der Waals surface area contributed by atoms with E-state index in [1.807, 2.05) is 13.8 Å². The van der Waals surface area contributed by atoms with E-state index in [-0.39, 0.29) is 12.1 Å². The van der Waals surface area contributed by atoms with Crippen molar-refractivity contribution in [2.75, 3.05) is 132 Å². The van der Waals surface area contributed by atoms with Gasteiger partial charge in [0.25, 0.3) is 0 Å². The molecule has 11 heteroatoms. The first kappa shape index (κ1) is 36.1. The minimum Gasteiger partial charge on any atom is -0.463 e. The van der Waals surface area contributed by atoms with Crippen molar-refractivity contribution in [2.45, 2.75) is 40.2 Å². The average Bonchev–Trinajstić information content (AvgIpc) is 2.90. The molecule has 0 aliphatic carbocycles. The lowest BCUT2D eigenvalue weighted by Gasteiger charge is -2.34. The summed E-state index contributed by atoms with van der Waals surface area (Å²) in [7, 11) is 0. The zero-order chi connectivity index (χ0) is 28.4. The van der Waals surface area contributed by atoms with E-state index in [9.17, 15) is 4.79 Å². The number of hydrogen-bond donors (Lipinski definition) is 0. The van der Waals surface area contributed by atoms with E-state index in [1.54, 1.807) is 0 Å². The van der Waals surface area contributed by atoms with Crippen LogP contribution < -0.4 is 0 Å². The van der Waals surface area contributed by atoms with Crippen molar-refractivity contribution in [1.82, 2.24) is 9.80 Å². The molecule has 1 fully saturated rings. The fraction of sp³-hybridized carbons (Fsp3) is 0.964. The number of rotatable bonds is 27. The van der Waals surface area contributed by atoms with E-state index < -0.39 is 0 Å². The Balaban J connectivity index is 1.73. The highest BCUT2D eigenvalue weighted by Gasteiger charge is 2.17. The Labute approximate surface area is 236 Å². The molecular formula is C28H56N2O9. The quantitative estimate of drug-likeness (QED) is 0.108. The van der Waals surface area contributed by atoms with Crippen LogP contribution in [0, 0.1) is 5.92 Å². The summed E-state index contributed by atoms with van der Waals surface area (Å²) in [6.07, 6.45) is 0.417. The second kappa shape index (κ2) is 26.0.